The third kappa shape index (κ3) is 7.06. The molecule has 2 rings (SSSR count). The Morgan fingerprint density at radius 1 is 0.893 bits per heavy atom. The van der Waals surface area contributed by atoms with Crippen LogP contribution in [0.3, 0.4) is 0 Å². The van der Waals surface area contributed by atoms with E-state index in [1.165, 1.54) is 0 Å². The fourth-order valence-corrected chi connectivity index (χ4v) is 2.54. The molecule has 0 spiro atoms. The number of nitrogens with one attached hydrogen (secondary N) is 1. The van der Waals surface area contributed by atoms with Gasteiger partial charge in [-0.15, -0.1) is 0 Å². The summed E-state index contributed by atoms with van der Waals surface area (Å²) in [6, 6.07) is 13.8. The van der Waals surface area contributed by atoms with E-state index in [1.54, 1.807) is 21.1 Å². The van der Waals surface area contributed by atoms with Crippen molar-refractivity contribution in [2.24, 2.45) is 0 Å². The van der Waals surface area contributed by atoms with Crippen molar-refractivity contribution in [3.8, 4) is 11.5 Å². The van der Waals surface area contributed by atoms with Crippen molar-refractivity contribution in [3.63, 3.8) is 0 Å². The third-order valence-electron chi connectivity index (χ3n) is 3.89. The van der Waals surface area contributed by atoms with Gasteiger partial charge in [0, 0.05) is 26.3 Å². The zero-order valence-electron chi connectivity index (χ0n) is 16.6. The molecule has 0 aliphatic carbocycles. The van der Waals surface area contributed by atoms with Gasteiger partial charge in [-0.2, -0.15) is 0 Å². The maximum absolute atomic E-state index is 11.8. The van der Waals surface area contributed by atoms with Crippen LogP contribution in [0.25, 0.3) is 0 Å². The number of rotatable bonds is 11. The van der Waals surface area contributed by atoms with Gasteiger partial charge in [0.05, 0.1) is 0 Å². The van der Waals surface area contributed by atoms with Crippen LogP contribution in [0.1, 0.15) is 23.6 Å². The van der Waals surface area contributed by atoms with Crippen LogP contribution in [0.4, 0.5) is 0 Å². The molecule has 0 radical (unpaired) electrons. The second kappa shape index (κ2) is 11.1. The lowest BCUT2D eigenvalue weighted by Crippen LogP contribution is -2.23. The molecule has 28 heavy (non-hydrogen) atoms. The predicted octanol–water partition coefficient (Wildman–Crippen LogP) is 3.44. The van der Waals surface area contributed by atoms with Crippen LogP contribution >= 0.6 is 0 Å². The summed E-state index contributed by atoms with van der Waals surface area (Å²) in [4.78, 5) is 11.8. The Hall–Kier alpha value is -2.83. The molecule has 0 saturated carbocycles. The molecular formula is C22H27NO5. The molecule has 0 heterocycles. The first-order valence-corrected chi connectivity index (χ1v) is 8.90. The van der Waals surface area contributed by atoms with Crippen molar-refractivity contribution < 1.29 is 23.7 Å². The minimum atomic E-state index is -0.170. The summed E-state index contributed by atoms with van der Waals surface area (Å²) < 4.78 is 20.9. The monoisotopic (exact) mass is 385 g/mol. The van der Waals surface area contributed by atoms with Crippen LogP contribution in [0.15, 0.2) is 54.6 Å². The van der Waals surface area contributed by atoms with Gasteiger partial charge in [0.25, 0.3) is 0 Å². The van der Waals surface area contributed by atoms with Crippen LogP contribution in [-0.2, 0) is 27.2 Å². The van der Waals surface area contributed by atoms with E-state index in [1.807, 2.05) is 42.5 Å². The number of carbonyl (C=O) groups is 1. The lowest BCUT2D eigenvalue weighted by Gasteiger charge is -2.12. The molecule has 0 unspecified atom stereocenters. The van der Waals surface area contributed by atoms with Crippen molar-refractivity contribution in [1.82, 2.24) is 5.32 Å². The second-order valence-corrected chi connectivity index (χ2v) is 6.37. The van der Waals surface area contributed by atoms with Gasteiger partial charge >= 0.3 is 0 Å². The second-order valence-electron chi connectivity index (χ2n) is 6.37. The van der Waals surface area contributed by atoms with Gasteiger partial charge in [0.15, 0.2) is 13.6 Å². The molecule has 0 atom stereocenters. The number of methoxy groups -OCH3 is 2. The van der Waals surface area contributed by atoms with E-state index < -0.39 is 0 Å². The average Bonchev–Trinajstić information content (AvgIpc) is 2.69. The highest BCUT2D eigenvalue weighted by molar-refractivity contribution is 5.92. The summed E-state index contributed by atoms with van der Waals surface area (Å²) >= 11 is 0. The highest BCUT2D eigenvalue weighted by Gasteiger charge is 2.07. The van der Waals surface area contributed by atoms with Gasteiger partial charge in [0.1, 0.15) is 11.5 Å². The van der Waals surface area contributed by atoms with Gasteiger partial charge in [-0.05, 0) is 54.3 Å². The van der Waals surface area contributed by atoms with Crippen molar-refractivity contribution in [2.45, 2.75) is 19.9 Å². The Bertz CT molecular complexity index is 786. The van der Waals surface area contributed by atoms with Gasteiger partial charge in [-0.25, -0.2) is 0 Å². The number of benzene rings is 2. The van der Waals surface area contributed by atoms with Gasteiger partial charge in [-0.3, -0.25) is 4.79 Å². The summed E-state index contributed by atoms with van der Waals surface area (Å²) in [5.74, 6) is 1.28. The number of amides is 1. The predicted molar refractivity (Wildman–Crippen MR) is 107 cm³/mol. The van der Waals surface area contributed by atoms with E-state index in [2.05, 4.69) is 11.9 Å². The molecule has 0 aliphatic heterocycles. The van der Waals surface area contributed by atoms with Crippen LogP contribution in [0.2, 0.25) is 0 Å². The highest BCUT2D eigenvalue weighted by Crippen LogP contribution is 2.21. The Labute approximate surface area is 166 Å². The van der Waals surface area contributed by atoms with Crippen molar-refractivity contribution in [2.75, 3.05) is 27.8 Å². The summed E-state index contributed by atoms with van der Waals surface area (Å²) in [6.45, 7) is 6.11. The van der Waals surface area contributed by atoms with Crippen molar-refractivity contribution in [3.05, 3.63) is 71.3 Å². The van der Waals surface area contributed by atoms with Crippen LogP contribution in [0, 0.1) is 0 Å². The minimum Gasteiger partial charge on any atom is -0.468 e. The zero-order chi connectivity index (χ0) is 20.4. The number of ether oxygens (including phenoxy) is 4. The quantitative estimate of drug-likeness (QED) is 0.474. The summed E-state index contributed by atoms with van der Waals surface area (Å²) in [7, 11) is 3.16. The van der Waals surface area contributed by atoms with Gasteiger partial charge in [0.2, 0.25) is 5.91 Å². The molecule has 0 saturated heterocycles. The van der Waals surface area contributed by atoms with E-state index in [0.717, 1.165) is 28.9 Å². The highest BCUT2D eigenvalue weighted by atomic mass is 16.7. The Morgan fingerprint density at radius 2 is 1.50 bits per heavy atom. The first-order valence-electron chi connectivity index (χ1n) is 8.90. The first kappa shape index (κ1) is 21.5. The molecule has 0 aromatic heterocycles. The first-order chi connectivity index (χ1) is 13.5. The van der Waals surface area contributed by atoms with Crippen LogP contribution in [0.5, 0.6) is 11.5 Å². The summed E-state index contributed by atoms with van der Waals surface area (Å²) in [6.07, 6.45) is 0.718. The van der Waals surface area contributed by atoms with Gasteiger partial charge < -0.3 is 24.3 Å². The molecule has 0 aliphatic rings. The lowest BCUT2D eigenvalue weighted by molar-refractivity contribution is -0.117. The molecule has 2 aromatic carbocycles. The van der Waals surface area contributed by atoms with E-state index in [9.17, 15) is 4.79 Å². The van der Waals surface area contributed by atoms with Crippen molar-refractivity contribution in [1.29, 1.82) is 0 Å². The molecule has 1 N–H and O–H groups in total. The molecule has 0 fully saturated rings. The zero-order valence-corrected chi connectivity index (χ0v) is 16.6. The Kier molecular flexibility index (Phi) is 8.52. The fourth-order valence-electron chi connectivity index (χ4n) is 2.54. The van der Waals surface area contributed by atoms with E-state index in [4.69, 9.17) is 18.9 Å². The SMILES string of the molecule is C=C(C)C(=O)NCc1cc(Cc2ccc(OCOC)cc2)cc(OCOC)c1. The van der Waals surface area contributed by atoms with Crippen LogP contribution < -0.4 is 14.8 Å². The minimum absolute atomic E-state index is 0.159. The molecule has 1 amide bonds. The molecule has 150 valence electrons. The van der Waals surface area contributed by atoms with Crippen molar-refractivity contribution >= 4 is 5.91 Å². The average molecular weight is 385 g/mol. The molecule has 0 bridgehead atoms. The molecular weight excluding hydrogens is 358 g/mol. The topological polar surface area (TPSA) is 66.0 Å². The number of carbonyl (C=O) groups excluding carboxylic acids is 1. The standard InChI is InChI=1S/C22H27NO5/c1-16(2)22(24)23-13-19-10-18(11-21(12-19)28-15-26-4)9-17-5-7-20(8-6-17)27-14-25-3/h5-8,10-12H,1,9,13-15H2,2-4H3,(H,23,24). The Morgan fingerprint density at radius 3 is 2.11 bits per heavy atom. The van der Waals surface area contributed by atoms with E-state index in [0.29, 0.717) is 17.9 Å². The van der Waals surface area contributed by atoms with E-state index >= 15 is 0 Å². The smallest absolute Gasteiger partial charge is 0.246 e. The molecule has 2 aromatic rings. The normalized spacial score (nSPS) is 10.4. The van der Waals surface area contributed by atoms with Gasteiger partial charge in [-0.1, -0.05) is 24.8 Å². The maximum Gasteiger partial charge on any atom is 0.246 e. The molecule has 6 heteroatoms. The molecule has 6 nitrogen and oxygen atoms in total. The lowest BCUT2D eigenvalue weighted by atomic mass is 10.0. The Balaban J connectivity index is 2.13. The summed E-state index contributed by atoms with van der Waals surface area (Å²) in [5.41, 5.74) is 3.62. The van der Waals surface area contributed by atoms with Crippen LogP contribution in [-0.4, -0.2) is 33.7 Å². The number of hydrogen-bond donors (Lipinski definition) is 1. The van der Waals surface area contributed by atoms with E-state index in [-0.39, 0.29) is 19.5 Å². The largest absolute Gasteiger partial charge is 0.468 e. The fraction of sp³-hybridized carbons (Fsp3) is 0.318. The summed E-state index contributed by atoms with van der Waals surface area (Å²) in [5, 5.41) is 2.85. The maximum atomic E-state index is 11.8. The third-order valence-corrected chi connectivity index (χ3v) is 3.89. The number of hydrogen-bond acceptors (Lipinski definition) is 5.